The first-order valence-electron chi connectivity index (χ1n) is 8.74. The summed E-state index contributed by atoms with van der Waals surface area (Å²) in [4.78, 5) is 23.0. The van der Waals surface area contributed by atoms with Crippen LogP contribution in [-0.4, -0.2) is 50.5 Å². The Morgan fingerprint density at radius 1 is 1.21 bits per heavy atom. The van der Waals surface area contributed by atoms with E-state index in [9.17, 15) is 31.2 Å². The van der Waals surface area contributed by atoms with Gasteiger partial charge in [-0.05, 0) is 31.0 Å². The van der Waals surface area contributed by atoms with Crippen molar-refractivity contribution >= 4 is 33.6 Å². The van der Waals surface area contributed by atoms with Gasteiger partial charge in [0, 0.05) is 19.5 Å². The molecule has 2 heterocycles. The minimum absolute atomic E-state index is 0.0683. The number of sulfonamides is 1. The second kappa shape index (κ2) is 8.11. The lowest BCUT2D eigenvalue weighted by Gasteiger charge is -2.30. The molecular formula is C17H17ClF3NO6S. The molecule has 0 spiro atoms. The molecular weight excluding hydrogens is 439 g/mol. The van der Waals surface area contributed by atoms with Gasteiger partial charge in [-0.25, -0.2) is 13.2 Å². The van der Waals surface area contributed by atoms with Crippen LogP contribution in [0.15, 0.2) is 23.1 Å². The summed E-state index contributed by atoms with van der Waals surface area (Å²) in [5, 5.41) is -0.594. The minimum Gasteiger partial charge on any atom is -0.463 e. The van der Waals surface area contributed by atoms with Crippen molar-refractivity contribution in [2.45, 2.75) is 36.4 Å². The number of hydrogen-bond acceptors (Lipinski definition) is 6. The molecule has 29 heavy (non-hydrogen) atoms. The van der Waals surface area contributed by atoms with Gasteiger partial charge in [-0.15, -0.1) is 0 Å². The van der Waals surface area contributed by atoms with Crippen LogP contribution in [0.4, 0.5) is 13.2 Å². The van der Waals surface area contributed by atoms with Gasteiger partial charge in [0.2, 0.25) is 16.1 Å². The zero-order valence-electron chi connectivity index (χ0n) is 14.9. The van der Waals surface area contributed by atoms with Crippen LogP contribution in [0.1, 0.15) is 24.8 Å². The molecule has 2 aliphatic rings. The standard InChI is InChI=1S/C17H17ClF3NO6S/c18-13-2-1-11(9-12(13)17(19,20)21)29(25,26)22-6-3-10(4-7-22)15(23)28-14-5-8-27-16(14)24/h1-2,9-10,14H,3-8H2/t14-/m1/s1. The SMILES string of the molecule is O=C(O[C@@H]1CCOC1=O)C1CCN(S(=O)(=O)c2ccc(Cl)c(C(F)(F)F)c2)CC1. The van der Waals surface area contributed by atoms with Gasteiger partial charge in [0.15, 0.2) is 0 Å². The Bertz CT molecular complexity index is 912. The first kappa shape index (κ1) is 21.8. The van der Waals surface area contributed by atoms with Crippen molar-refractivity contribution in [3.8, 4) is 0 Å². The number of nitrogens with zero attached hydrogens (tertiary/aromatic N) is 1. The Kier molecular flexibility index (Phi) is 6.11. The van der Waals surface area contributed by atoms with Gasteiger partial charge in [0.1, 0.15) is 0 Å². The molecule has 2 fully saturated rings. The van der Waals surface area contributed by atoms with E-state index in [0.29, 0.717) is 6.07 Å². The van der Waals surface area contributed by atoms with Crippen LogP contribution in [-0.2, 0) is 35.3 Å². The fourth-order valence-corrected chi connectivity index (χ4v) is 4.90. The summed E-state index contributed by atoms with van der Waals surface area (Å²) in [6.45, 7) is 0.0385. The number of rotatable bonds is 4. The summed E-state index contributed by atoms with van der Waals surface area (Å²) in [5.41, 5.74) is -1.23. The molecule has 160 valence electrons. The van der Waals surface area contributed by atoms with E-state index < -0.39 is 55.6 Å². The topological polar surface area (TPSA) is 90.0 Å². The maximum absolute atomic E-state index is 13.0. The van der Waals surface area contributed by atoms with Crippen LogP contribution in [0.2, 0.25) is 5.02 Å². The molecule has 0 amide bonds. The highest BCUT2D eigenvalue weighted by Crippen LogP contribution is 2.37. The lowest BCUT2D eigenvalue weighted by atomic mass is 9.98. The van der Waals surface area contributed by atoms with Crippen molar-refractivity contribution in [3.63, 3.8) is 0 Å². The molecule has 0 saturated carbocycles. The van der Waals surface area contributed by atoms with Gasteiger partial charge in [0.05, 0.1) is 28.0 Å². The second-order valence-corrected chi connectivity index (χ2v) is 9.04. The fourth-order valence-electron chi connectivity index (χ4n) is 3.18. The third-order valence-electron chi connectivity index (χ3n) is 4.81. The lowest BCUT2D eigenvalue weighted by molar-refractivity contribution is -0.164. The number of carbonyl (C=O) groups excluding carboxylic acids is 2. The molecule has 0 aromatic heterocycles. The summed E-state index contributed by atoms with van der Waals surface area (Å²) >= 11 is 5.54. The minimum atomic E-state index is -4.79. The number of halogens is 4. The van der Waals surface area contributed by atoms with Gasteiger partial charge in [0.25, 0.3) is 0 Å². The number of ether oxygens (including phenoxy) is 2. The van der Waals surface area contributed by atoms with Crippen molar-refractivity contribution < 1.29 is 40.7 Å². The third kappa shape index (κ3) is 4.67. The van der Waals surface area contributed by atoms with Crippen LogP contribution in [0.3, 0.4) is 0 Å². The van der Waals surface area contributed by atoms with Crippen molar-refractivity contribution in [2.24, 2.45) is 5.92 Å². The Morgan fingerprint density at radius 3 is 2.41 bits per heavy atom. The van der Waals surface area contributed by atoms with Crippen LogP contribution in [0, 0.1) is 5.92 Å². The normalized spacial score (nSPS) is 21.8. The Hall–Kier alpha value is -1.85. The summed E-state index contributed by atoms with van der Waals surface area (Å²) in [6, 6.07) is 2.41. The van der Waals surface area contributed by atoms with E-state index in [1.165, 1.54) is 0 Å². The van der Waals surface area contributed by atoms with Crippen molar-refractivity contribution in [2.75, 3.05) is 19.7 Å². The average Bonchev–Trinajstić information content (AvgIpc) is 3.05. The zero-order chi connectivity index (χ0) is 21.4. The summed E-state index contributed by atoms with van der Waals surface area (Å²) in [5.74, 6) is -1.83. The zero-order valence-corrected chi connectivity index (χ0v) is 16.5. The van der Waals surface area contributed by atoms with Crippen molar-refractivity contribution in [3.05, 3.63) is 28.8 Å². The molecule has 1 aromatic carbocycles. The number of benzene rings is 1. The van der Waals surface area contributed by atoms with E-state index in [-0.39, 0.29) is 39.0 Å². The molecule has 0 bridgehead atoms. The number of esters is 2. The van der Waals surface area contributed by atoms with Gasteiger partial charge in [-0.3, -0.25) is 4.79 Å². The molecule has 2 saturated heterocycles. The summed E-state index contributed by atoms with van der Waals surface area (Å²) in [7, 11) is -4.19. The second-order valence-electron chi connectivity index (χ2n) is 6.70. The maximum atomic E-state index is 13.0. The van der Waals surface area contributed by atoms with Crippen LogP contribution in [0.25, 0.3) is 0 Å². The molecule has 2 aliphatic heterocycles. The van der Waals surface area contributed by atoms with Gasteiger partial charge >= 0.3 is 18.1 Å². The van der Waals surface area contributed by atoms with Crippen LogP contribution >= 0.6 is 11.6 Å². The highest BCUT2D eigenvalue weighted by Gasteiger charge is 2.38. The monoisotopic (exact) mass is 455 g/mol. The van der Waals surface area contributed by atoms with E-state index in [4.69, 9.17) is 21.1 Å². The van der Waals surface area contributed by atoms with E-state index >= 15 is 0 Å². The van der Waals surface area contributed by atoms with E-state index in [1.54, 1.807) is 0 Å². The molecule has 0 aliphatic carbocycles. The summed E-state index contributed by atoms with van der Waals surface area (Å²) < 4.78 is 75.3. The van der Waals surface area contributed by atoms with Gasteiger partial charge in [-0.1, -0.05) is 11.6 Å². The van der Waals surface area contributed by atoms with E-state index in [0.717, 1.165) is 16.4 Å². The largest absolute Gasteiger partial charge is 0.463 e. The number of piperidine rings is 1. The number of hydrogen-bond donors (Lipinski definition) is 0. The predicted octanol–water partition coefficient (Wildman–Crippen LogP) is 2.62. The Labute approximate surface area is 169 Å². The van der Waals surface area contributed by atoms with Crippen molar-refractivity contribution in [1.82, 2.24) is 4.31 Å². The molecule has 12 heteroatoms. The maximum Gasteiger partial charge on any atom is 0.417 e. The molecule has 0 radical (unpaired) electrons. The van der Waals surface area contributed by atoms with Crippen LogP contribution < -0.4 is 0 Å². The lowest BCUT2D eigenvalue weighted by Crippen LogP contribution is -2.41. The Morgan fingerprint density at radius 2 is 1.86 bits per heavy atom. The van der Waals surface area contributed by atoms with Crippen LogP contribution in [0.5, 0.6) is 0 Å². The number of cyclic esters (lactones) is 1. The van der Waals surface area contributed by atoms with Gasteiger partial charge < -0.3 is 9.47 Å². The number of carbonyl (C=O) groups is 2. The molecule has 7 nitrogen and oxygen atoms in total. The smallest absolute Gasteiger partial charge is 0.417 e. The highest BCUT2D eigenvalue weighted by atomic mass is 35.5. The highest BCUT2D eigenvalue weighted by molar-refractivity contribution is 7.89. The van der Waals surface area contributed by atoms with Crippen molar-refractivity contribution in [1.29, 1.82) is 0 Å². The molecule has 1 atom stereocenters. The van der Waals surface area contributed by atoms with Gasteiger partial charge in [-0.2, -0.15) is 17.5 Å². The average molecular weight is 456 g/mol. The molecule has 3 rings (SSSR count). The number of alkyl halides is 3. The summed E-state index contributed by atoms with van der Waals surface area (Å²) in [6.07, 6.45) is -5.21. The molecule has 0 unspecified atom stereocenters. The predicted molar refractivity (Wildman–Crippen MR) is 93.4 cm³/mol. The Balaban J connectivity index is 1.67. The van der Waals surface area contributed by atoms with E-state index in [2.05, 4.69) is 0 Å². The first-order chi connectivity index (χ1) is 13.5. The quantitative estimate of drug-likeness (QED) is 0.648. The fraction of sp³-hybridized carbons (Fsp3) is 0.529. The van der Waals surface area contributed by atoms with E-state index in [1.807, 2.05) is 0 Å². The molecule has 1 aromatic rings. The third-order valence-corrected chi connectivity index (χ3v) is 7.04. The molecule has 0 N–H and O–H groups in total. The first-order valence-corrected chi connectivity index (χ1v) is 10.6.